The van der Waals surface area contributed by atoms with E-state index in [9.17, 15) is 9.59 Å². The first-order valence-corrected chi connectivity index (χ1v) is 5.77. The largest absolute Gasteiger partial charge is 0.375 e. The molecular formula is C9H12N4O2S. The number of rotatable bonds is 2. The van der Waals surface area contributed by atoms with Gasteiger partial charge in [-0.3, -0.25) is 9.59 Å². The molecule has 0 aromatic carbocycles. The van der Waals surface area contributed by atoms with E-state index in [4.69, 9.17) is 5.73 Å². The highest BCUT2D eigenvalue weighted by atomic mass is 32.1. The van der Waals surface area contributed by atoms with Crippen molar-refractivity contribution in [3.05, 3.63) is 11.1 Å². The lowest BCUT2D eigenvalue weighted by Gasteiger charge is -2.26. The van der Waals surface area contributed by atoms with Gasteiger partial charge in [-0.15, -0.1) is 11.3 Å². The molecule has 1 fully saturated rings. The Morgan fingerprint density at radius 2 is 2.50 bits per heavy atom. The van der Waals surface area contributed by atoms with Crippen molar-refractivity contribution in [3.63, 3.8) is 0 Å². The van der Waals surface area contributed by atoms with E-state index < -0.39 is 0 Å². The summed E-state index contributed by atoms with van der Waals surface area (Å²) < 4.78 is 0. The number of thiazole rings is 1. The molecule has 0 spiro atoms. The first kappa shape index (κ1) is 10.9. The zero-order chi connectivity index (χ0) is 11.5. The number of amides is 2. The van der Waals surface area contributed by atoms with E-state index in [1.54, 1.807) is 5.38 Å². The number of aromatic nitrogens is 1. The molecule has 0 saturated carbocycles. The minimum absolute atomic E-state index is 0.0832. The van der Waals surface area contributed by atoms with Gasteiger partial charge in [0.15, 0.2) is 5.13 Å². The van der Waals surface area contributed by atoms with Crippen molar-refractivity contribution >= 4 is 28.3 Å². The fourth-order valence-corrected chi connectivity index (χ4v) is 2.08. The Balaban J connectivity index is 1.94. The third kappa shape index (κ3) is 2.48. The van der Waals surface area contributed by atoms with E-state index in [-0.39, 0.29) is 24.8 Å². The van der Waals surface area contributed by atoms with Crippen LogP contribution in [0.1, 0.15) is 5.69 Å². The molecule has 1 aromatic rings. The average molecular weight is 240 g/mol. The van der Waals surface area contributed by atoms with Gasteiger partial charge in [-0.05, 0) is 0 Å². The highest BCUT2D eigenvalue weighted by Gasteiger charge is 2.21. The van der Waals surface area contributed by atoms with Crippen molar-refractivity contribution < 1.29 is 9.59 Å². The molecule has 1 aliphatic rings. The van der Waals surface area contributed by atoms with Crippen LogP contribution in [0.5, 0.6) is 0 Å². The summed E-state index contributed by atoms with van der Waals surface area (Å²) in [5, 5.41) is 4.89. The molecule has 1 saturated heterocycles. The van der Waals surface area contributed by atoms with Crippen molar-refractivity contribution in [2.75, 3.05) is 25.4 Å². The minimum atomic E-state index is -0.114. The van der Waals surface area contributed by atoms with E-state index in [1.165, 1.54) is 16.2 Å². The predicted molar refractivity (Wildman–Crippen MR) is 59.8 cm³/mol. The Hall–Kier alpha value is -1.63. The molecule has 0 radical (unpaired) electrons. The van der Waals surface area contributed by atoms with Crippen LogP contribution in [-0.2, 0) is 16.0 Å². The Bertz CT molecular complexity index is 417. The molecule has 7 heteroatoms. The number of nitrogens with two attached hydrogens (primary N) is 1. The summed E-state index contributed by atoms with van der Waals surface area (Å²) in [6.45, 7) is 1.21. The standard InChI is InChI=1S/C9H12N4O2S/c10-9-12-6(5-16-9)3-8(15)13-2-1-11-7(14)4-13/h5H,1-4H2,(H2,10,12)(H,11,14). The SMILES string of the molecule is Nc1nc(CC(=O)N2CCNC(=O)C2)cs1. The third-order valence-electron chi connectivity index (χ3n) is 2.29. The predicted octanol–water partition coefficient (Wildman–Crippen LogP) is -0.774. The smallest absolute Gasteiger partial charge is 0.239 e. The van der Waals surface area contributed by atoms with Crippen molar-refractivity contribution in [2.24, 2.45) is 0 Å². The summed E-state index contributed by atoms with van der Waals surface area (Å²) in [7, 11) is 0. The van der Waals surface area contributed by atoms with Gasteiger partial charge in [-0.2, -0.15) is 0 Å². The van der Waals surface area contributed by atoms with Crippen LogP contribution in [0.2, 0.25) is 0 Å². The Kier molecular flexibility index (Phi) is 3.04. The topological polar surface area (TPSA) is 88.3 Å². The quantitative estimate of drug-likeness (QED) is 0.710. The molecule has 16 heavy (non-hydrogen) atoms. The normalized spacial score (nSPS) is 16.0. The average Bonchev–Trinajstić information content (AvgIpc) is 2.64. The molecule has 2 amide bonds. The monoisotopic (exact) mass is 240 g/mol. The number of anilines is 1. The molecule has 0 bridgehead atoms. The molecular weight excluding hydrogens is 228 g/mol. The molecule has 3 N–H and O–H groups in total. The van der Waals surface area contributed by atoms with E-state index in [0.717, 1.165) is 0 Å². The second kappa shape index (κ2) is 4.48. The third-order valence-corrected chi connectivity index (χ3v) is 3.02. The number of nitrogens with one attached hydrogen (secondary N) is 1. The van der Waals surface area contributed by atoms with Crippen molar-refractivity contribution in [2.45, 2.75) is 6.42 Å². The second-order valence-electron chi connectivity index (χ2n) is 3.52. The Labute approximate surface area is 96.4 Å². The van der Waals surface area contributed by atoms with Crippen molar-refractivity contribution in [3.8, 4) is 0 Å². The van der Waals surface area contributed by atoms with Gasteiger partial charge >= 0.3 is 0 Å². The van der Waals surface area contributed by atoms with Gasteiger partial charge < -0.3 is 16.0 Å². The van der Waals surface area contributed by atoms with Gasteiger partial charge in [-0.1, -0.05) is 0 Å². The number of carbonyl (C=O) groups is 2. The van der Waals surface area contributed by atoms with Gasteiger partial charge in [-0.25, -0.2) is 4.98 Å². The van der Waals surface area contributed by atoms with Crippen LogP contribution in [-0.4, -0.2) is 41.3 Å². The summed E-state index contributed by atoms with van der Waals surface area (Å²) in [6, 6.07) is 0. The summed E-state index contributed by atoms with van der Waals surface area (Å²) in [6.07, 6.45) is 0.209. The lowest BCUT2D eigenvalue weighted by atomic mass is 10.2. The van der Waals surface area contributed by atoms with E-state index in [1.807, 2.05) is 0 Å². The zero-order valence-corrected chi connectivity index (χ0v) is 9.42. The summed E-state index contributed by atoms with van der Waals surface area (Å²) in [5.41, 5.74) is 6.14. The van der Waals surface area contributed by atoms with Crippen LogP contribution in [0.4, 0.5) is 5.13 Å². The van der Waals surface area contributed by atoms with Crippen LogP contribution in [0, 0.1) is 0 Å². The van der Waals surface area contributed by atoms with Gasteiger partial charge in [0, 0.05) is 18.5 Å². The van der Waals surface area contributed by atoms with Gasteiger partial charge in [0.1, 0.15) is 0 Å². The first-order chi connectivity index (χ1) is 7.65. The molecule has 6 nitrogen and oxygen atoms in total. The van der Waals surface area contributed by atoms with Gasteiger partial charge in [0.2, 0.25) is 11.8 Å². The number of carbonyl (C=O) groups excluding carboxylic acids is 2. The second-order valence-corrected chi connectivity index (χ2v) is 4.41. The summed E-state index contributed by atoms with van der Waals surface area (Å²) in [4.78, 5) is 28.4. The molecule has 0 unspecified atom stereocenters. The summed E-state index contributed by atoms with van der Waals surface area (Å²) >= 11 is 1.31. The maximum absolute atomic E-state index is 11.8. The van der Waals surface area contributed by atoms with E-state index >= 15 is 0 Å². The molecule has 0 aliphatic carbocycles. The van der Waals surface area contributed by atoms with Crippen molar-refractivity contribution in [1.29, 1.82) is 0 Å². The molecule has 0 atom stereocenters. The zero-order valence-electron chi connectivity index (χ0n) is 8.60. The fourth-order valence-electron chi connectivity index (χ4n) is 1.52. The summed E-state index contributed by atoms with van der Waals surface area (Å²) in [5.74, 6) is -0.197. The van der Waals surface area contributed by atoms with Crippen LogP contribution in [0.3, 0.4) is 0 Å². The number of piperazine rings is 1. The number of nitrogens with zero attached hydrogens (tertiary/aromatic N) is 2. The number of hydrogen-bond acceptors (Lipinski definition) is 5. The van der Waals surface area contributed by atoms with E-state index in [2.05, 4.69) is 10.3 Å². The number of nitrogen functional groups attached to an aromatic ring is 1. The fraction of sp³-hybridized carbons (Fsp3) is 0.444. The molecule has 2 rings (SSSR count). The highest BCUT2D eigenvalue weighted by Crippen LogP contribution is 2.12. The van der Waals surface area contributed by atoms with Crippen LogP contribution in [0.25, 0.3) is 0 Å². The minimum Gasteiger partial charge on any atom is -0.375 e. The van der Waals surface area contributed by atoms with Crippen LogP contribution < -0.4 is 11.1 Å². The molecule has 1 aliphatic heterocycles. The van der Waals surface area contributed by atoms with Crippen LogP contribution >= 0.6 is 11.3 Å². The molecule has 1 aromatic heterocycles. The van der Waals surface area contributed by atoms with Crippen molar-refractivity contribution in [1.82, 2.24) is 15.2 Å². The van der Waals surface area contributed by atoms with Gasteiger partial charge in [0.05, 0.1) is 18.7 Å². The van der Waals surface area contributed by atoms with E-state index in [0.29, 0.717) is 23.9 Å². The molecule has 2 heterocycles. The Morgan fingerprint density at radius 3 is 3.12 bits per heavy atom. The van der Waals surface area contributed by atoms with Gasteiger partial charge in [0.25, 0.3) is 0 Å². The first-order valence-electron chi connectivity index (χ1n) is 4.89. The number of hydrogen-bond donors (Lipinski definition) is 2. The highest BCUT2D eigenvalue weighted by molar-refractivity contribution is 7.13. The Morgan fingerprint density at radius 1 is 1.69 bits per heavy atom. The molecule has 86 valence electrons. The lowest BCUT2D eigenvalue weighted by molar-refractivity contribution is -0.137. The maximum atomic E-state index is 11.8. The maximum Gasteiger partial charge on any atom is 0.239 e. The van der Waals surface area contributed by atoms with Crippen LogP contribution in [0.15, 0.2) is 5.38 Å². The lowest BCUT2D eigenvalue weighted by Crippen LogP contribution is -2.50.